The van der Waals surface area contributed by atoms with Crippen molar-refractivity contribution in [3.63, 3.8) is 0 Å². The second kappa shape index (κ2) is 8.90. The molecule has 0 aliphatic carbocycles. The van der Waals surface area contributed by atoms with E-state index in [2.05, 4.69) is 9.80 Å². The Kier molecular flexibility index (Phi) is 6.59. The summed E-state index contributed by atoms with van der Waals surface area (Å²) in [5.41, 5.74) is 0.666. The van der Waals surface area contributed by atoms with Crippen LogP contribution in [0.2, 0.25) is 5.02 Å². The predicted octanol–water partition coefficient (Wildman–Crippen LogP) is 3.75. The van der Waals surface area contributed by atoms with Crippen molar-refractivity contribution in [2.75, 3.05) is 43.4 Å². The molecule has 1 saturated heterocycles. The van der Waals surface area contributed by atoms with Gasteiger partial charge in [0.1, 0.15) is 5.82 Å². The fourth-order valence-corrected chi connectivity index (χ4v) is 4.11. The predicted molar refractivity (Wildman–Crippen MR) is 103 cm³/mol. The summed E-state index contributed by atoms with van der Waals surface area (Å²) >= 11 is 7.59. The molecule has 0 bridgehead atoms. The van der Waals surface area contributed by atoms with Crippen molar-refractivity contribution in [2.24, 2.45) is 0 Å². The lowest BCUT2D eigenvalue weighted by Gasteiger charge is -2.37. The largest absolute Gasteiger partial charge is 0.391 e. The Bertz CT molecular complexity index is 695. The number of hydrogen-bond acceptors (Lipinski definition) is 4. The minimum atomic E-state index is -0.399. The number of aliphatic hydroxyl groups excluding tert-OH is 1. The number of benzene rings is 2. The average molecular weight is 381 g/mol. The monoisotopic (exact) mass is 380 g/mol. The smallest absolute Gasteiger partial charge is 0.146 e. The highest BCUT2D eigenvalue weighted by atomic mass is 35.5. The normalized spacial score (nSPS) is 16.8. The molecule has 2 aromatic carbocycles. The second-order valence-corrected chi connectivity index (χ2v) is 7.69. The number of aliphatic hydroxyl groups is 1. The highest BCUT2D eigenvalue weighted by Gasteiger charge is 2.21. The maximum Gasteiger partial charge on any atom is 0.146 e. The number of halogens is 2. The average Bonchev–Trinajstić information content (AvgIpc) is 2.61. The minimum absolute atomic E-state index is 0.172. The van der Waals surface area contributed by atoms with Gasteiger partial charge in [-0.1, -0.05) is 29.8 Å². The second-order valence-electron chi connectivity index (χ2n) is 6.16. The number of thioether (sulfide) groups is 1. The van der Waals surface area contributed by atoms with Gasteiger partial charge in [0.05, 0.1) is 11.8 Å². The van der Waals surface area contributed by atoms with Gasteiger partial charge in [-0.15, -0.1) is 11.8 Å². The van der Waals surface area contributed by atoms with Gasteiger partial charge >= 0.3 is 0 Å². The van der Waals surface area contributed by atoms with E-state index in [1.54, 1.807) is 17.8 Å². The summed E-state index contributed by atoms with van der Waals surface area (Å²) < 4.78 is 13.9. The van der Waals surface area contributed by atoms with Crippen molar-refractivity contribution in [1.29, 1.82) is 0 Å². The molecule has 1 aliphatic rings. The number of hydrogen-bond donors (Lipinski definition) is 1. The first-order valence-corrected chi connectivity index (χ1v) is 9.76. The van der Waals surface area contributed by atoms with Gasteiger partial charge in [0.25, 0.3) is 0 Å². The number of nitrogens with zero attached hydrogens (tertiary/aromatic N) is 2. The summed E-state index contributed by atoms with van der Waals surface area (Å²) in [4.78, 5) is 5.37. The molecular formula is C19H22ClFN2OS. The van der Waals surface area contributed by atoms with Gasteiger partial charge in [0, 0.05) is 48.4 Å². The van der Waals surface area contributed by atoms with Crippen LogP contribution in [0.4, 0.5) is 10.1 Å². The number of β-amino-alcohol motifs (C(OH)–C–C–N with tert-alkyl or cyclic N) is 1. The first kappa shape index (κ1) is 18.5. The van der Waals surface area contributed by atoms with Crippen LogP contribution in [-0.2, 0) is 0 Å². The van der Waals surface area contributed by atoms with Crippen molar-refractivity contribution in [2.45, 2.75) is 11.0 Å². The molecule has 0 saturated carbocycles. The Morgan fingerprint density at radius 1 is 1.08 bits per heavy atom. The molecule has 1 fully saturated rings. The third-order valence-corrected chi connectivity index (χ3v) is 5.65. The zero-order valence-corrected chi connectivity index (χ0v) is 15.5. The fraction of sp³-hybridized carbons (Fsp3) is 0.368. The first-order valence-electron chi connectivity index (χ1n) is 8.40. The summed E-state index contributed by atoms with van der Waals surface area (Å²) in [7, 11) is 0. The molecule has 2 aromatic rings. The molecular weight excluding hydrogens is 359 g/mol. The van der Waals surface area contributed by atoms with Crippen molar-refractivity contribution in [3.8, 4) is 0 Å². The van der Waals surface area contributed by atoms with Crippen molar-refractivity contribution in [1.82, 2.24) is 4.90 Å². The van der Waals surface area contributed by atoms with Gasteiger partial charge in [0.2, 0.25) is 0 Å². The van der Waals surface area contributed by atoms with Gasteiger partial charge in [-0.05, 0) is 30.3 Å². The van der Waals surface area contributed by atoms with Crippen molar-refractivity contribution in [3.05, 3.63) is 59.4 Å². The molecule has 6 heteroatoms. The Hall–Kier alpha value is -1.27. The van der Waals surface area contributed by atoms with Gasteiger partial charge in [0.15, 0.2) is 0 Å². The van der Waals surface area contributed by atoms with E-state index in [0.29, 0.717) is 23.0 Å². The lowest BCUT2D eigenvalue weighted by atomic mass is 10.2. The van der Waals surface area contributed by atoms with Crippen LogP contribution in [0.5, 0.6) is 0 Å². The van der Waals surface area contributed by atoms with Gasteiger partial charge in [-0.25, -0.2) is 4.39 Å². The Balaban J connectivity index is 1.43. The van der Waals surface area contributed by atoms with E-state index in [-0.39, 0.29) is 5.82 Å². The minimum Gasteiger partial charge on any atom is -0.391 e. The molecule has 1 heterocycles. The van der Waals surface area contributed by atoms with Crippen LogP contribution in [-0.4, -0.2) is 54.6 Å². The molecule has 0 radical (unpaired) electrons. The lowest BCUT2D eigenvalue weighted by Crippen LogP contribution is -2.49. The summed E-state index contributed by atoms with van der Waals surface area (Å²) in [5.74, 6) is 0.460. The topological polar surface area (TPSA) is 26.7 Å². The van der Waals surface area contributed by atoms with Crippen LogP contribution in [0.25, 0.3) is 0 Å². The molecule has 0 amide bonds. The Morgan fingerprint density at radius 3 is 2.56 bits per heavy atom. The third-order valence-electron chi connectivity index (χ3n) is 4.27. The zero-order valence-electron chi connectivity index (χ0n) is 13.9. The van der Waals surface area contributed by atoms with Crippen LogP contribution in [0.3, 0.4) is 0 Å². The molecule has 0 aromatic heterocycles. The summed E-state index contributed by atoms with van der Waals surface area (Å²) in [6.07, 6.45) is -0.399. The van der Waals surface area contributed by atoms with E-state index in [0.717, 1.165) is 31.1 Å². The molecule has 1 atom stereocenters. The lowest BCUT2D eigenvalue weighted by molar-refractivity contribution is 0.126. The van der Waals surface area contributed by atoms with Crippen LogP contribution in [0, 0.1) is 5.82 Å². The van der Waals surface area contributed by atoms with Crippen molar-refractivity contribution >= 4 is 29.1 Å². The van der Waals surface area contributed by atoms with E-state index in [1.165, 1.54) is 6.07 Å². The van der Waals surface area contributed by atoms with E-state index >= 15 is 0 Å². The van der Waals surface area contributed by atoms with Crippen LogP contribution in [0.1, 0.15) is 0 Å². The Labute approximate surface area is 157 Å². The first-order chi connectivity index (χ1) is 12.1. The van der Waals surface area contributed by atoms with Gasteiger partial charge in [-0.3, -0.25) is 4.90 Å². The molecule has 3 nitrogen and oxygen atoms in total. The summed E-state index contributed by atoms with van der Waals surface area (Å²) in [6.45, 7) is 3.84. The maximum absolute atomic E-state index is 13.9. The maximum atomic E-state index is 13.9. The number of anilines is 1. The Morgan fingerprint density at radius 2 is 1.84 bits per heavy atom. The standard InChI is InChI=1S/C19H22ClFN2OS/c20-15-4-3-5-17(12-15)25-14-16(24)13-22-8-10-23(11-9-22)19-7-2-1-6-18(19)21/h1-7,12,16,24H,8-11,13-14H2/t16-/m0/s1. The molecule has 1 N–H and O–H groups in total. The third kappa shape index (κ3) is 5.35. The molecule has 0 spiro atoms. The highest BCUT2D eigenvalue weighted by Crippen LogP contribution is 2.23. The number of para-hydroxylation sites is 1. The molecule has 25 heavy (non-hydrogen) atoms. The summed E-state index contributed by atoms with van der Waals surface area (Å²) in [6, 6.07) is 14.6. The molecule has 3 rings (SSSR count). The van der Waals surface area contributed by atoms with Crippen LogP contribution < -0.4 is 4.90 Å². The van der Waals surface area contributed by atoms with E-state index in [4.69, 9.17) is 11.6 Å². The fourth-order valence-electron chi connectivity index (χ4n) is 2.98. The quantitative estimate of drug-likeness (QED) is 0.772. The van der Waals surface area contributed by atoms with Crippen molar-refractivity contribution < 1.29 is 9.50 Å². The van der Waals surface area contributed by atoms with E-state index in [9.17, 15) is 9.50 Å². The molecule has 134 valence electrons. The number of piperazine rings is 1. The highest BCUT2D eigenvalue weighted by molar-refractivity contribution is 7.99. The summed E-state index contributed by atoms with van der Waals surface area (Å²) in [5, 5.41) is 11.0. The molecule has 0 unspecified atom stereocenters. The number of rotatable bonds is 6. The van der Waals surface area contributed by atoms with Crippen LogP contribution >= 0.6 is 23.4 Å². The molecule has 1 aliphatic heterocycles. The SMILES string of the molecule is O[C@H](CSc1cccc(Cl)c1)CN1CCN(c2ccccc2F)CC1. The van der Waals surface area contributed by atoms with E-state index in [1.807, 2.05) is 36.4 Å². The van der Waals surface area contributed by atoms with E-state index < -0.39 is 6.10 Å². The van der Waals surface area contributed by atoms with Gasteiger partial charge < -0.3 is 10.0 Å². The van der Waals surface area contributed by atoms with Gasteiger partial charge in [-0.2, -0.15) is 0 Å². The van der Waals surface area contributed by atoms with Crippen LogP contribution in [0.15, 0.2) is 53.4 Å². The zero-order chi connectivity index (χ0) is 17.6.